The SMILES string of the molecule is CCOC(=O)C(=O)N1CCCc2cc(Br)ccc21. The van der Waals surface area contributed by atoms with E-state index in [0.29, 0.717) is 6.54 Å². The number of benzene rings is 1. The zero-order chi connectivity index (χ0) is 13.1. The molecule has 5 heteroatoms. The molecule has 0 saturated heterocycles. The maximum Gasteiger partial charge on any atom is 0.397 e. The van der Waals surface area contributed by atoms with E-state index in [1.807, 2.05) is 18.2 Å². The molecule has 0 N–H and O–H groups in total. The average Bonchev–Trinajstić information content (AvgIpc) is 2.37. The maximum atomic E-state index is 12.0. The first-order valence-corrected chi connectivity index (χ1v) is 6.70. The highest BCUT2D eigenvalue weighted by molar-refractivity contribution is 9.10. The van der Waals surface area contributed by atoms with Gasteiger partial charge in [0, 0.05) is 16.7 Å². The van der Waals surface area contributed by atoms with E-state index in [-0.39, 0.29) is 6.61 Å². The monoisotopic (exact) mass is 311 g/mol. The molecule has 1 aromatic carbocycles. The normalized spacial score (nSPS) is 14.0. The summed E-state index contributed by atoms with van der Waals surface area (Å²) < 4.78 is 5.73. The van der Waals surface area contributed by atoms with Crippen LogP contribution in [-0.2, 0) is 20.7 Å². The molecular formula is C13H14BrNO3. The molecule has 1 heterocycles. The van der Waals surface area contributed by atoms with Gasteiger partial charge in [-0.1, -0.05) is 15.9 Å². The third-order valence-electron chi connectivity index (χ3n) is 2.86. The lowest BCUT2D eigenvalue weighted by Gasteiger charge is -2.28. The van der Waals surface area contributed by atoms with Crippen LogP contribution >= 0.6 is 15.9 Å². The van der Waals surface area contributed by atoms with Crippen molar-refractivity contribution in [1.82, 2.24) is 0 Å². The first-order chi connectivity index (χ1) is 8.63. The van der Waals surface area contributed by atoms with E-state index < -0.39 is 11.9 Å². The number of anilines is 1. The Bertz CT molecular complexity index is 487. The number of halogens is 1. The van der Waals surface area contributed by atoms with Crippen molar-refractivity contribution in [2.75, 3.05) is 18.1 Å². The minimum Gasteiger partial charge on any atom is -0.459 e. The Balaban J connectivity index is 2.27. The lowest BCUT2D eigenvalue weighted by atomic mass is 10.0. The molecule has 0 saturated carbocycles. The van der Waals surface area contributed by atoms with Gasteiger partial charge in [-0.05, 0) is 43.5 Å². The molecule has 4 nitrogen and oxygen atoms in total. The van der Waals surface area contributed by atoms with Crippen LogP contribution in [0.3, 0.4) is 0 Å². The lowest BCUT2D eigenvalue weighted by Crippen LogP contribution is -2.40. The first kappa shape index (κ1) is 13.1. The highest BCUT2D eigenvalue weighted by Crippen LogP contribution is 2.29. The number of esters is 1. The summed E-state index contributed by atoms with van der Waals surface area (Å²) in [6.07, 6.45) is 1.77. The zero-order valence-corrected chi connectivity index (χ0v) is 11.7. The summed E-state index contributed by atoms with van der Waals surface area (Å²) in [6.45, 7) is 2.46. The van der Waals surface area contributed by atoms with E-state index in [9.17, 15) is 9.59 Å². The third kappa shape index (κ3) is 2.56. The number of fused-ring (bicyclic) bond motifs is 1. The van der Waals surface area contributed by atoms with Crippen molar-refractivity contribution < 1.29 is 14.3 Å². The van der Waals surface area contributed by atoms with E-state index in [1.165, 1.54) is 4.90 Å². The van der Waals surface area contributed by atoms with Gasteiger partial charge in [-0.25, -0.2) is 4.79 Å². The fraction of sp³-hybridized carbons (Fsp3) is 0.385. The number of aryl methyl sites for hydroxylation is 1. The fourth-order valence-corrected chi connectivity index (χ4v) is 2.49. The fourth-order valence-electron chi connectivity index (χ4n) is 2.08. The van der Waals surface area contributed by atoms with Gasteiger partial charge in [0.1, 0.15) is 0 Å². The summed E-state index contributed by atoms with van der Waals surface area (Å²) in [5, 5.41) is 0. The van der Waals surface area contributed by atoms with Gasteiger partial charge in [-0.2, -0.15) is 0 Å². The van der Waals surface area contributed by atoms with E-state index >= 15 is 0 Å². The van der Waals surface area contributed by atoms with Gasteiger partial charge in [0.25, 0.3) is 0 Å². The number of amides is 1. The predicted octanol–water partition coefficient (Wildman–Crippen LogP) is 2.29. The van der Waals surface area contributed by atoms with Crippen molar-refractivity contribution in [3.63, 3.8) is 0 Å². The molecular weight excluding hydrogens is 298 g/mol. The maximum absolute atomic E-state index is 12.0. The topological polar surface area (TPSA) is 46.6 Å². The molecule has 0 aromatic heterocycles. The molecule has 0 atom stereocenters. The van der Waals surface area contributed by atoms with E-state index in [0.717, 1.165) is 28.6 Å². The summed E-state index contributed by atoms with van der Waals surface area (Å²) in [5.74, 6) is -1.37. The Kier molecular flexibility index (Phi) is 4.01. The van der Waals surface area contributed by atoms with Gasteiger partial charge in [-0.15, -0.1) is 0 Å². The molecule has 2 rings (SSSR count). The summed E-state index contributed by atoms with van der Waals surface area (Å²) in [7, 11) is 0. The molecule has 0 spiro atoms. The first-order valence-electron chi connectivity index (χ1n) is 5.90. The molecule has 1 amide bonds. The second-order valence-electron chi connectivity index (χ2n) is 4.05. The van der Waals surface area contributed by atoms with Crippen LogP contribution in [0.25, 0.3) is 0 Å². The van der Waals surface area contributed by atoms with Crippen LogP contribution in [0.2, 0.25) is 0 Å². The minimum absolute atomic E-state index is 0.214. The summed E-state index contributed by atoms with van der Waals surface area (Å²) in [5.41, 5.74) is 1.88. The predicted molar refractivity (Wildman–Crippen MR) is 71.4 cm³/mol. The average molecular weight is 312 g/mol. The van der Waals surface area contributed by atoms with Crippen molar-refractivity contribution in [2.45, 2.75) is 19.8 Å². The van der Waals surface area contributed by atoms with E-state index in [4.69, 9.17) is 4.74 Å². The molecule has 18 heavy (non-hydrogen) atoms. The summed E-state index contributed by atoms with van der Waals surface area (Å²) >= 11 is 3.41. The highest BCUT2D eigenvalue weighted by atomic mass is 79.9. The van der Waals surface area contributed by atoms with Gasteiger partial charge >= 0.3 is 11.9 Å². The number of ether oxygens (including phenoxy) is 1. The van der Waals surface area contributed by atoms with E-state index in [2.05, 4.69) is 15.9 Å². The summed E-state index contributed by atoms with van der Waals surface area (Å²) in [4.78, 5) is 25.0. The highest BCUT2D eigenvalue weighted by Gasteiger charge is 2.28. The van der Waals surface area contributed by atoms with Crippen LogP contribution in [0.5, 0.6) is 0 Å². The van der Waals surface area contributed by atoms with Crippen molar-refractivity contribution in [3.8, 4) is 0 Å². The van der Waals surface area contributed by atoms with Crippen LogP contribution in [-0.4, -0.2) is 25.0 Å². The van der Waals surface area contributed by atoms with Gasteiger partial charge in [0.05, 0.1) is 6.61 Å². The second-order valence-corrected chi connectivity index (χ2v) is 4.97. The molecule has 1 aromatic rings. The number of hydrogen-bond donors (Lipinski definition) is 0. The lowest BCUT2D eigenvalue weighted by molar-refractivity contribution is -0.153. The number of nitrogens with zero attached hydrogens (tertiary/aromatic N) is 1. The minimum atomic E-state index is -0.784. The Labute approximate surface area is 114 Å². The van der Waals surface area contributed by atoms with Gasteiger partial charge in [0.15, 0.2) is 0 Å². The largest absolute Gasteiger partial charge is 0.459 e. The van der Waals surface area contributed by atoms with Crippen LogP contribution in [0, 0.1) is 0 Å². The van der Waals surface area contributed by atoms with Crippen molar-refractivity contribution in [2.24, 2.45) is 0 Å². The molecule has 1 aliphatic heterocycles. The number of rotatable bonds is 1. The molecule has 0 radical (unpaired) electrons. The van der Waals surface area contributed by atoms with Crippen molar-refractivity contribution in [3.05, 3.63) is 28.2 Å². The summed E-state index contributed by atoms with van der Waals surface area (Å²) in [6, 6.07) is 5.71. The van der Waals surface area contributed by atoms with Crippen LogP contribution in [0.15, 0.2) is 22.7 Å². The quantitative estimate of drug-likeness (QED) is 0.590. The Morgan fingerprint density at radius 1 is 1.44 bits per heavy atom. The second kappa shape index (κ2) is 5.52. The molecule has 96 valence electrons. The molecule has 0 aliphatic carbocycles. The van der Waals surface area contributed by atoms with E-state index in [1.54, 1.807) is 6.92 Å². The van der Waals surface area contributed by atoms with Gasteiger partial charge in [0.2, 0.25) is 0 Å². The van der Waals surface area contributed by atoms with Crippen LogP contribution in [0.1, 0.15) is 18.9 Å². The van der Waals surface area contributed by atoms with Crippen LogP contribution in [0.4, 0.5) is 5.69 Å². The Hall–Kier alpha value is -1.36. The third-order valence-corrected chi connectivity index (χ3v) is 3.35. The molecule has 0 bridgehead atoms. The zero-order valence-electron chi connectivity index (χ0n) is 10.1. The van der Waals surface area contributed by atoms with Crippen LogP contribution < -0.4 is 4.90 Å². The number of hydrogen-bond acceptors (Lipinski definition) is 3. The molecule has 0 fully saturated rings. The van der Waals surface area contributed by atoms with Gasteiger partial charge < -0.3 is 9.64 Å². The smallest absolute Gasteiger partial charge is 0.397 e. The molecule has 0 unspecified atom stereocenters. The number of carbonyl (C=O) groups is 2. The van der Waals surface area contributed by atoms with Gasteiger partial charge in [-0.3, -0.25) is 4.79 Å². The Morgan fingerprint density at radius 2 is 2.22 bits per heavy atom. The van der Waals surface area contributed by atoms with Crippen molar-refractivity contribution >= 4 is 33.5 Å². The molecule has 1 aliphatic rings. The Morgan fingerprint density at radius 3 is 2.94 bits per heavy atom. The number of carbonyl (C=O) groups excluding carboxylic acids is 2. The standard InChI is InChI=1S/C13H14BrNO3/c1-2-18-13(17)12(16)15-7-3-4-9-8-10(14)5-6-11(9)15/h5-6,8H,2-4,7H2,1H3. The van der Waals surface area contributed by atoms with Crippen molar-refractivity contribution in [1.29, 1.82) is 0 Å².